The SMILES string of the molecule is COc1ccc(N2C[C@@H](NC(=O)N3c4ccccc4C[C@@H]3C)CC2=O)cc1. The van der Waals surface area contributed by atoms with Crippen LogP contribution in [0.5, 0.6) is 5.75 Å². The number of nitrogens with zero attached hydrogens (tertiary/aromatic N) is 2. The summed E-state index contributed by atoms with van der Waals surface area (Å²) in [5.41, 5.74) is 2.96. The normalized spacial score (nSPS) is 21.3. The van der Waals surface area contributed by atoms with Crippen LogP contribution in [-0.4, -0.2) is 37.7 Å². The quantitative estimate of drug-likeness (QED) is 0.910. The average molecular weight is 365 g/mol. The van der Waals surface area contributed by atoms with Crippen LogP contribution >= 0.6 is 0 Å². The topological polar surface area (TPSA) is 61.9 Å². The summed E-state index contributed by atoms with van der Waals surface area (Å²) < 4.78 is 5.16. The predicted octanol–water partition coefficient (Wildman–Crippen LogP) is 2.96. The van der Waals surface area contributed by atoms with E-state index in [0.29, 0.717) is 13.0 Å². The molecule has 27 heavy (non-hydrogen) atoms. The van der Waals surface area contributed by atoms with Gasteiger partial charge in [0, 0.05) is 30.4 Å². The Labute approximate surface area is 158 Å². The van der Waals surface area contributed by atoms with Crippen molar-refractivity contribution in [3.05, 3.63) is 54.1 Å². The number of methoxy groups -OCH3 is 1. The summed E-state index contributed by atoms with van der Waals surface area (Å²) in [6, 6.07) is 15.1. The molecule has 1 saturated heterocycles. The van der Waals surface area contributed by atoms with E-state index in [4.69, 9.17) is 4.74 Å². The Bertz CT molecular complexity index is 865. The fraction of sp³-hybridized carbons (Fsp3) is 0.333. The van der Waals surface area contributed by atoms with Crippen molar-refractivity contribution in [1.82, 2.24) is 5.32 Å². The Morgan fingerprint density at radius 1 is 1.11 bits per heavy atom. The van der Waals surface area contributed by atoms with Crippen LogP contribution in [-0.2, 0) is 11.2 Å². The van der Waals surface area contributed by atoms with Gasteiger partial charge in [0.15, 0.2) is 0 Å². The lowest BCUT2D eigenvalue weighted by atomic mass is 10.1. The third-order valence-corrected chi connectivity index (χ3v) is 5.26. The van der Waals surface area contributed by atoms with Gasteiger partial charge in [-0.1, -0.05) is 18.2 Å². The molecule has 4 rings (SSSR count). The van der Waals surface area contributed by atoms with Crippen LogP contribution in [0.25, 0.3) is 0 Å². The van der Waals surface area contributed by atoms with E-state index in [-0.39, 0.29) is 24.0 Å². The van der Waals surface area contributed by atoms with E-state index >= 15 is 0 Å². The molecule has 1 N–H and O–H groups in total. The van der Waals surface area contributed by atoms with E-state index in [2.05, 4.69) is 11.4 Å². The standard InChI is InChI=1S/C21H23N3O3/c1-14-11-15-5-3-4-6-19(15)24(14)21(26)22-16-12-20(25)23(13-16)17-7-9-18(27-2)10-8-17/h3-10,14,16H,11-13H2,1-2H3,(H,22,26)/t14-,16-/m0/s1. The molecule has 6 heteroatoms. The van der Waals surface area contributed by atoms with E-state index in [1.165, 1.54) is 5.56 Å². The first-order chi connectivity index (χ1) is 13.1. The summed E-state index contributed by atoms with van der Waals surface area (Å²) in [7, 11) is 1.61. The third kappa shape index (κ3) is 3.23. The molecule has 0 spiro atoms. The molecule has 2 aromatic rings. The number of carbonyl (C=O) groups excluding carboxylic acids is 2. The summed E-state index contributed by atoms with van der Waals surface area (Å²) in [5, 5.41) is 3.04. The van der Waals surface area contributed by atoms with E-state index in [1.807, 2.05) is 49.4 Å². The Balaban J connectivity index is 1.44. The van der Waals surface area contributed by atoms with Gasteiger partial charge in [0.1, 0.15) is 5.75 Å². The molecule has 0 bridgehead atoms. The molecule has 2 aliphatic heterocycles. The number of anilines is 2. The molecule has 3 amide bonds. The molecule has 2 aromatic carbocycles. The van der Waals surface area contributed by atoms with Gasteiger partial charge in [0.05, 0.1) is 13.2 Å². The molecule has 140 valence electrons. The van der Waals surface area contributed by atoms with Gasteiger partial charge >= 0.3 is 6.03 Å². The van der Waals surface area contributed by atoms with Gasteiger partial charge in [0.2, 0.25) is 5.91 Å². The van der Waals surface area contributed by atoms with Gasteiger partial charge in [-0.15, -0.1) is 0 Å². The van der Waals surface area contributed by atoms with E-state index in [1.54, 1.807) is 16.9 Å². The van der Waals surface area contributed by atoms with Crippen molar-refractivity contribution in [2.24, 2.45) is 0 Å². The molecule has 2 heterocycles. The third-order valence-electron chi connectivity index (χ3n) is 5.26. The number of ether oxygens (including phenoxy) is 1. The van der Waals surface area contributed by atoms with Crippen LogP contribution in [0.1, 0.15) is 18.9 Å². The van der Waals surface area contributed by atoms with Crippen molar-refractivity contribution in [3.8, 4) is 5.75 Å². The molecule has 1 fully saturated rings. The highest BCUT2D eigenvalue weighted by atomic mass is 16.5. The fourth-order valence-electron chi connectivity index (χ4n) is 3.94. The number of hydrogen-bond acceptors (Lipinski definition) is 3. The smallest absolute Gasteiger partial charge is 0.322 e. The summed E-state index contributed by atoms with van der Waals surface area (Å²) >= 11 is 0. The number of amides is 3. The number of benzene rings is 2. The molecule has 0 aromatic heterocycles. The van der Waals surface area contributed by atoms with E-state index in [0.717, 1.165) is 23.5 Å². The second-order valence-electron chi connectivity index (χ2n) is 7.10. The number of rotatable bonds is 3. The highest BCUT2D eigenvalue weighted by molar-refractivity contribution is 5.99. The molecule has 2 atom stereocenters. The maximum atomic E-state index is 12.9. The second-order valence-corrected chi connectivity index (χ2v) is 7.10. The molecule has 0 aliphatic carbocycles. The van der Waals surface area contributed by atoms with Gasteiger partial charge in [0.25, 0.3) is 0 Å². The first kappa shape index (κ1) is 17.4. The average Bonchev–Trinajstić information content (AvgIpc) is 3.20. The van der Waals surface area contributed by atoms with Gasteiger partial charge in [-0.3, -0.25) is 9.69 Å². The highest BCUT2D eigenvalue weighted by Gasteiger charge is 2.35. The van der Waals surface area contributed by atoms with Gasteiger partial charge in [-0.05, 0) is 49.2 Å². The summed E-state index contributed by atoms with van der Waals surface area (Å²) in [6.45, 7) is 2.52. The molecular formula is C21H23N3O3. The maximum absolute atomic E-state index is 12.9. The molecular weight excluding hydrogens is 342 g/mol. The van der Waals surface area contributed by atoms with Crippen molar-refractivity contribution >= 4 is 23.3 Å². The molecule has 0 unspecified atom stereocenters. The number of carbonyl (C=O) groups is 2. The fourth-order valence-corrected chi connectivity index (χ4v) is 3.94. The minimum absolute atomic E-state index is 0.0142. The van der Waals surface area contributed by atoms with Crippen molar-refractivity contribution in [2.45, 2.75) is 31.8 Å². The minimum atomic E-state index is -0.202. The zero-order valence-electron chi connectivity index (χ0n) is 15.5. The number of nitrogens with one attached hydrogen (secondary N) is 1. The number of fused-ring (bicyclic) bond motifs is 1. The summed E-state index contributed by atoms with van der Waals surface area (Å²) in [5.74, 6) is 0.761. The molecule has 2 aliphatic rings. The number of urea groups is 1. The van der Waals surface area contributed by atoms with Gasteiger partial charge in [-0.2, -0.15) is 0 Å². The van der Waals surface area contributed by atoms with Crippen molar-refractivity contribution in [3.63, 3.8) is 0 Å². The first-order valence-corrected chi connectivity index (χ1v) is 9.19. The zero-order chi connectivity index (χ0) is 19.0. The van der Waals surface area contributed by atoms with Crippen LogP contribution < -0.4 is 19.9 Å². The first-order valence-electron chi connectivity index (χ1n) is 9.19. The lowest BCUT2D eigenvalue weighted by Gasteiger charge is -2.25. The monoisotopic (exact) mass is 365 g/mol. The second kappa shape index (κ2) is 6.95. The van der Waals surface area contributed by atoms with Crippen LogP contribution in [0, 0.1) is 0 Å². The number of hydrogen-bond donors (Lipinski definition) is 1. The predicted molar refractivity (Wildman–Crippen MR) is 104 cm³/mol. The van der Waals surface area contributed by atoms with Crippen LogP contribution in [0.15, 0.2) is 48.5 Å². The maximum Gasteiger partial charge on any atom is 0.322 e. The van der Waals surface area contributed by atoms with Crippen molar-refractivity contribution < 1.29 is 14.3 Å². The van der Waals surface area contributed by atoms with Crippen molar-refractivity contribution in [2.75, 3.05) is 23.5 Å². The highest BCUT2D eigenvalue weighted by Crippen LogP contribution is 2.32. The lowest BCUT2D eigenvalue weighted by Crippen LogP contribution is -2.48. The number of para-hydroxylation sites is 1. The van der Waals surface area contributed by atoms with Crippen LogP contribution in [0.4, 0.5) is 16.2 Å². The summed E-state index contributed by atoms with van der Waals surface area (Å²) in [4.78, 5) is 28.8. The Hall–Kier alpha value is -3.02. The lowest BCUT2D eigenvalue weighted by molar-refractivity contribution is -0.117. The summed E-state index contributed by atoms with van der Waals surface area (Å²) in [6.07, 6.45) is 1.16. The largest absolute Gasteiger partial charge is 0.497 e. The van der Waals surface area contributed by atoms with Crippen LogP contribution in [0.2, 0.25) is 0 Å². The van der Waals surface area contributed by atoms with Crippen molar-refractivity contribution in [1.29, 1.82) is 0 Å². The van der Waals surface area contributed by atoms with Crippen LogP contribution in [0.3, 0.4) is 0 Å². The Kier molecular flexibility index (Phi) is 4.48. The molecule has 0 saturated carbocycles. The zero-order valence-corrected chi connectivity index (χ0v) is 15.5. The minimum Gasteiger partial charge on any atom is -0.497 e. The molecule has 6 nitrogen and oxygen atoms in total. The van der Waals surface area contributed by atoms with Gasteiger partial charge < -0.3 is 15.0 Å². The van der Waals surface area contributed by atoms with Gasteiger partial charge in [-0.25, -0.2) is 4.79 Å². The Morgan fingerprint density at radius 3 is 2.59 bits per heavy atom. The molecule has 0 radical (unpaired) electrons. The van der Waals surface area contributed by atoms with E-state index < -0.39 is 0 Å². The van der Waals surface area contributed by atoms with E-state index in [9.17, 15) is 9.59 Å². The Morgan fingerprint density at radius 2 is 1.85 bits per heavy atom.